The largest absolute Gasteiger partial charge is 0.462 e. The summed E-state index contributed by atoms with van der Waals surface area (Å²) < 4.78 is 16.8. The number of carbonyl (C=O) groups is 3. The first-order valence-electron chi connectivity index (χ1n) is 31.9. The van der Waals surface area contributed by atoms with Crippen LogP contribution in [-0.2, 0) is 28.6 Å². The maximum absolute atomic E-state index is 12.8. The molecule has 6 heteroatoms. The molecule has 1 atom stereocenters. The Kier molecular flexibility index (Phi) is 62.0. The van der Waals surface area contributed by atoms with Gasteiger partial charge in [-0.05, 0) is 148 Å². The first-order valence-corrected chi connectivity index (χ1v) is 31.9. The molecule has 6 nitrogen and oxygen atoms in total. The number of unbranched alkanes of at least 4 members (excludes halogenated alkanes) is 12. The SMILES string of the molecule is CC/C=C\C/C=C\C/C=C\C/C=C\C/C=C\C/C=C\C/C=C\C/C=C\C/C=C\C/C=C\CCCCC(=O)OCC(COC(=O)CCCCCCCCC)OC(=O)CCCCCC/C=C\C/C=C\C/C=C\C/C=C\C/C=C\C/C=C\CC. The lowest BCUT2D eigenvalue weighted by Crippen LogP contribution is -2.30. The van der Waals surface area contributed by atoms with Gasteiger partial charge in [0.15, 0.2) is 6.10 Å². The van der Waals surface area contributed by atoms with Crippen molar-refractivity contribution in [3.05, 3.63) is 194 Å². The van der Waals surface area contributed by atoms with Crippen LogP contribution in [-0.4, -0.2) is 37.2 Å². The lowest BCUT2D eigenvalue weighted by Gasteiger charge is -2.18. The van der Waals surface area contributed by atoms with Gasteiger partial charge in [0, 0.05) is 19.3 Å². The number of ether oxygens (including phenoxy) is 3. The minimum Gasteiger partial charge on any atom is -0.462 e. The molecule has 0 saturated heterocycles. The van der Waals surface area contributed by atoms with Gasteiger partial charge in [-0.3, -0.25) is 14.4 Å². The van der Waals surface area contributed by atoms with Gasteiger partial charge in [0.2, 0.25) is 0 Å². The minimum absolute atomic E-state index is 0.112. The molecule has 450 valence electrons. The maximum Gasteiger partial charge on any atom is 0.306 e. The molecule has 0 rings (SSSR count). The fourth-order valence-electron chi connectivity index (χ4n) is 7.88. The molecule has 1 unspecified atom stereocenters. The number of carbonyl (C=O) groups excluding carboxylic acids is 3. The van der Waals surface area contributed by atoms with E-state index < -0.39 is 6.10 Å². The summed E-state index contributed by atoms with van der Waals surface area (Å²) in [5.74, 6) is -1.00. The van der Waals surface area contributed by atoms with E-state index in [4.69, 9.17) is 14.2 Å². The molecule has 0 heterocycles. The van der Waals surface area contributed by atoms with Crippen molar-refractivity contribution < 1.29 is 28.6 Å². The van der Waals surface area contributed by atoms with Crippen LogP contribution in [0.3, 0.4) is 0 Å². The summed E-state index contributed by atoms with van der Waals surface area (Å²) in [6, 6.07) is 0. The summed E-state index contributed by atoms with van der Waals surface area (Å²) >= 11 is 0. The van der Waals surface area contributed by atoms with Crippen molar-refractivity contribution in [3.8, 4) is 0 Å². The number of hydrogen-bond acceptors (Lipinski definition) is 6. The quantitative estimate of drug-likeness (QED) is 0.0261. The maximum atomic E-state index is 12.8. The van der Waals surface area contributed by atoms with E-state index in [0.29, 0.717) is 12.8 Å². The topological polar surface area (TPSA) is 78.9 Å². The van der Waals surface area contributed by atoms with Crippen LogP contribution in [0.25, 0.3) is 0 Å². The number of rotatable bonds is 55. The van der Waals surface area contributed by atoms with Gasteiger partial charge in [-0.2, -0.15) is 0 Å². The molecule has 0 saturated carbocycles. The van der Waals surface area contributed by atoms with Crippen LogP contribution in [0.1, 0.15) is 239 Å². The molecule has 81 heavy (non-hydrogen) atoms. The fraction of sp³-hybridized carbons (Fsp3) is 0.533. The lowest BCUT2D eigenvalue weighted by atomic mass is 10.1. The third-order valence-electron chi connectivity index (χ3n) is 12.6. The highest BCUT2D eigenvalue weighted by Crippen LogP contribution is 2.12. The average molecular weight is 1110 g/mol. The summed E-state index contributed by atoms with van der Waals surface area (Å²) in [6.07, 6.45) is 102. The van der Waals surface area contributed by atoms with Crippen LogP contribution < -0.4 is 0 Å². The van der Waals surface area contributed by atoms with Gasteiger partial charge in [0.05, 0.1) is 0 Å². The Morgan fingerprint density at radius 1 is 0.259 bits per heavy atom. The summed E-state index contributed by atoms with van der Waals surface area (Å²) in [7, 11) is 0. The van der Waals surface area contributed by atoms with Crippen LogP contribution in [0.15, 0.2) is 194 Å². The van der Waals surface area contributed by atoms with E-state index in [0.717, 1.165) is 167 Å². The highest BCUT2D eigenvalue weighted by molar-refractivity contribution is 5.71. The second-order valence-electron chi connectivity index (χ2n) is 20.2. The molecule has 0 aromatic rings. The monoisotopic (exact) mass is 1110 g/mol. The summed E-state index contributed by atoms with van der Waals surface area (Å²) in [6.45, 7) is 6.29. The van der Waals surface area contributed by atoms with E-state index in [9.17, 15) is 14.4 Å². The van der Waals surface area contributed by atoms with Crippen molar-refractivity contribution in [2.24, 2.45) is 0 Å². The Bertz CT molecular complexity index is 1950. The van der Waals surface area contributed by atoms with E-state index >= 15 is 0 Å². The molecule has 0 bridgehead atoms. The summed E-state index contributed by atoms with van der Waals surface area (Å²) in [4.78, 5) is 38.1. The van der Waals surface area contributed by atoms with E-state index in [1.165, 1.54) is 25.7 Å². The van der Waals surface area contributed by atoms with Crippen LogP contribution in [0, 0.1) is 0 Å². The lowest BCUT2D eigenvalue weighted by molar-refractivity contribution is -0.167. The van der Waals surface area contributed by atoms with Gasteiger partial charge >= 0.3 is 17.9 Å². The molecular formula is C75H114O6. The van der Waals surface area contributed by atoms with Crippen molar-refractivity contribution in [1.29, 1.82) is 0 Å². The zero-order valence-electron chi connectivity index (χ0n) is 51.5. The van der Waals surface area contributed by atoms with Crippen LogP contribution in [0.4, 0.5) is 0 Å². The van der Waals surface area contributed by atoms with Crippen molar-refractivity contribution in [2.45, 2.75) is 245 Å². The molecule has 0 N–H and O–H groups in total. The van der Waals surface area contributed by atoms with E-state index in [1.807, 2.05) is 0 Å². The molecule has 0 fully saturated rings. The highest BCUT2D eigenvalue weighted by atomic mass is 16.6. The van der Waals surface area contributed by atoms with Crippen LogP contribution >= 0.6 is 0 Å². The van der Waals surface area contributed by atoms with Crippen molar-refractivity contribution in [2.75, 3.05) is 13.2 Å². The van der Waals surface area contributed by atoms with Gasteiger partial charge in [-0.1, -0.05) is 267 Å². The van der Waals surface area contributed by atoms with Gasteiger partial charge in [0.25, 0.3) is 0 Å². The second-order valence-corrected chi connectivity index (χ2v) is 20.2. The summed E-state index contributed by atoms with van der Waals surface area (Å²) in [5, 5.41) is 0. The minimum atomic E-state index is -0.819. The Hall–Kier alpha value is -5.75. The molecule has 0 aliphatic rings. The zero-order valence-corrected chi connectivity index (χ0v) is 51.5. The van der Waals surface area contributed by atoms with Crippen LogP contribution in [0.2, 0.25) is 0 Å². The Balaban J connectivity index is 4.33. The number of allylic oxidation sites excluding steroid dienone is 32. The molecule has 0 amide bonds. The normalized spacial score (nSPS) is 13.5. The summed E-state index contributed by atoms with van der Waals surface area (Å²) in [5.41, 5.74) is 0. The third kappa shape index (κ3) is 64.9. The van der Waals surface area contributed by atoms with E-state index in [2.05, 4.69) is 215 Å². The predicted octanol–water partition coefficient (Wildman–Crippen LogP) is 22.2. The van der Waals surface area contributed by atoms with Gasteiger partial charge < -0.3 is 14.2 Å². The Morgan fingerprint density at radius 2 is 0.481 bits per heavy atom. The molecule has 0 aromatic heterocycles. The van der Waals surface area contributed by atoms with Crippen molar-refractivity contribution >= 4 is 17.9 Å². The zero-order chi connectivity index (χ0) is 58.5. The van der Waals surface area contributed by atoms with Crippen LogP contribution in [0.5, 0.6) is 0 Å². The standard InChI is InChI=1S/C75H114O6/c1-4-7-10-13-16-18-20-22-24-26-28-30-32-33-34-35-36-37-38-39-40-41-43-44-46-48-50-52-54-56-59-62-65-68-74(77)80-71-72(70-79-73(76)67-64-61-58-15-12-9-6-3)81-75(78)69-66-63-60-57-55-53-51-49-47-45-42-31-29-27-25-23-21-19-17-14-11-8-5-2/h7-8,10-11,16-19,22-25,28-31,33-34,36-37,39-40,43-45,47-48,50-51,53-54,56,72H,4-6,9,12-15,20-21,26-27,32,35,38,41-42,46,49,52,55,57-71H2,1-3H3/b10-7-,11-8-,18-16-,19-17-,24-22-,25-23-,30-28-,31-29-,34-33-,37-36-,40-39-,44-43-,47-45-,50-48-,53-51-,56-54-. The van der Waals surface area contributed by atoms with Crippen molar-refractivity contribution in [1.82, 2.24) is 0 Å². The molecule has 0 aliphatic heterocycles. The Labute approximate surface area is 497 Å². The van der Waals surface area contributed by atoms with E-state index in [1.54, 1.807) is 0 Å². The average Bonchev–Trinajstić information content (AvgIpc) is 3.47. The highest BCUT2D eigenvalue weighted by Gasteiger charge is 2.19. The fourth-order valence-corrected chi connectivity index (χ4v) is 7.88. The Morgan fingerprint density at radius 3 is 0.778 bits per heavy atom. The van der Waals surface area contributed by atoms with E-state index in [-0.39, 0.29) is 44.0 Å². The second kappa shape index (κ2) is 66.8. The van der Waals surface area contributed by atoms with Gasteiger partial charge in [-0.25, -0.2) is 0 Å². The third-order valence-corrected chi connectivity index (χ3v) is 12.6. The van der Waals surface area contributed by atoms with Gasteiger partial charge in [-0.15, -0.1) is 0 Å². The van der Waals surface area contributed by atoms with Gasteiger partial charge in [0.1, 0.15) is 13.2 Å². The predicted molar refractivity (Wildman–Crippen MR) is 352 cm³/mol. The molecule has 0 radical (unpaired) electrons. The first kappa shape index (κ1) is 75.2. The number of esters is 3. The molecule has 0 aliphatic carbocycles. The van der Waals surface area contributed by atoms with Crippen molar-refractivity contribution in [3.63, 3.8) is 0 Å². The number of hydrogen-bond donors (Lipinski definition) is 0. The molecular weight excluding hydrogens is 997 g/mol. The molecule has 0 spiro atoms. The smallest absolute Gasteiger partial charge is 0.306 e. The first-order chi connectivity index (χ1) is 40.0. The molecule has 0 aromatic carbocycles.